The van der Waals surface area contributed by atoms with Crippen LogP contribution in [0.1, 0.15) is 39.0 Å². The number of nitrogens with two attached hydrogens (primary N) is 1. The molecule has 118 valence electrons. The summed E-state index contributed by atoms with van der Waals surface area (Å²) in [6.07, 6.45) is 1.06. The molecule has 20 heavy (non-hydrogen) atoms. The van der Waals surface area contributed by atoms with Crippen molar-refractivity contribution in [3.63, 3.8) is 0 Å². The van der Waals surface area contributed by atoms with Crippen LogP contribution in [0.15, 0.2) is 0 Å². The first-order valence-corrected chi connectivity index (χ1v) is 7.74. The molecule has 0 aromatic rings. The molecule has 6 heteroatoms. The fourth-order valence-corrected chi connectivity index (χ4v) is 3.59. The Labute approximate surface area is 119 Å². The minimum Gasteiger partial charge on any atom is -0.326 e. The highest BCUT2D eigenvalue weighted by Gasteiger charge is 2.47. The van der Waals surface area contributed by atoms with Gasteiger partial charge >= 0.3 is 6.18 Å². The first-order valence-electron chi connectivity index (χ1n) is 7.74. The standard InChI is InChI=1S/C14H26F3N3/c1-2-12(18)13(14(15,16)17)20-9-7-19(8-10-20)11-5-3-4-6-11/h11-13H,2-10,18H2,1H3. The highest BCUT2D eigenvalue weighted by atomic mass is 19.4. The van der Waals surface area contributed by atoms with Crippen molar-refractivity contribution in [3.8, 4) is 0 Å². The summed E-state index contributed by atoms with van der Waals surface area (Å²) in [5.74, 6) is 0. The van der Waals surface area contributed by atoms with E-state index in [1.54, 1.807) is 11.8 Å². The molecule has 1 saturated carbocycles. The molecular weight excluding hydrogens is 267 g/mol. The molecule has 0 bridgehead atoms. The van der Waals surface area contributed by atoms with Crippen LogP contribution in [0.5, 0.6) is 0 Å². The van der Waals surface area contributed by atoms with E-state index in [4.69, 9.17) is 5.73 Å². The number of hydrogen-bond acceptors (Lipinski definition) is 3. The van der Waals surface area contributed by atoms with E-state index in [2.05, 4.69) is 4.90 Å². The van der Waals surface area contributed by atoms with Gasteiger partial charge < -0.3 is 5.73 Å². The highest BCUT2D eigenvalue weighted by molar-refractivity contribution is 4.91. The second-order valence-electron chi connectivity index (χ2n) is 6.07. The number of hydrogen-bond donors (Lipinski definition) is 1. The lowest BCUT2D eigenvalue weighted by molar-refractivity contribution is -0.193. The number of nitrogens with zero attached hydrogens (tertiary/aromatic N) is 2. The van der Waals surface area contributed by atoms with Gasteiger partial charge in [-0.3, -0.25) is 9.80 Å². The van der Waals surface area contributed by atoms with Crippen molar-refractivity contribution < 1.29 is 13.2 Å². The molecule has 2 atom stereocenters. The molecule has 2 aliphatic rings. The minimum atomic E-state index is -4.23. The summed E-state index contributed by atoms with van der Waals surface area (Å²) < 4.78 is 39.6. The van der Waals surface area contributed by atoms with Gasteiger partial charge in [-0.1, -0.05) is 19.8 Å². The van der Waals surface area contributed by atoms with E-state index in [1.807, 2.05) is 0 Å². The molecule has 3 nitrogen and oxygen atoms in total. The van der Waals surface area contributed by atoms with Gasteiger partial charge in [-0.15, -0.1) is 0 Å². The molecule has 2 unspecified atom stereocenters. The average Bonchev–Trinajstić information content (AvgIpc) is 2.92. The fraction of sp³-hybridized carbons (Fsp3) is 1.00. The zero-order chi connectivity index (χ0) is 14.8. The van der Waals surface area contributed by atoms with Gasteiger partial charge in [-0.2, -0.15) is 13.2 Å². The largest absolute Gasteiger partial charge is 0.405 e. The van der Waals surface area contributed by atoms with Crippen molar-refractivity contribution in [1.29, 1.82) is 0 Å². The molecule has 1 heterocycles. The highest BCUT2D eigenvalue weighted by Crippen LogP contribution is 2.30. The van der Waals surface area contributed by atoms with Crippen LogP contribution >= 0.6 is 0 Å². The Hall–Kier alpha value is -0.330. The third kappa shape index (κ3) is 3.65. The van der Waals surface area contributed by atoms with Gasteiger partial charge in [-0.05, 0) is 19.3 Å². The molecule has 2 rings (SSSR count). The molecule has 0 spiro atoms. The van der Waals surface area contributed by atoms with E-state index in [0.717, 1.165) is 13.1 Å². The minimum absolute atomic E-state index is 0.354. The maximum absolute atomic E-state index is 13.2. The SMILES string of the molecule is CCC(N)C(N1CCN(C2CCCC2)CC1)C(F)(F)F. The van der Waals surface area contributed by atoms with Crippen LogP contribution in [0.3, 0.4) is 0 Å². The summed E-state index contributed by atoms with van der Waals surface area (Å²) in [6.45, 7) is 4.17. The number of rotatable bonds is 4. The molecule has 0 radical (unpaired) electrons. The normalized spacial score (nSPS) is 26.9. The first kappa shape index (κ1) is 16.0. The molecular formula is C14H26F3N3. The molecule has 1 aliphatic heterocycles. The van der Waals surface area contributed by atoms with Gasteiger partial charge in [0.2, 0.25) is 0 Å². The third-order valence-corrected chi connectivity index (χ3v) is 4.80. The predicted octanol–water partition coefficient (Wildman–Crippen LogP) is 2.21. The van der Waals surface area contributed by atoms with Gasteiger partial charge in [-0.25, -0.2) is 0 Å². The Morgan fingerprint density at radius 3 is 2.10 bits per heavy atom. The summed E-state index contributed by atoms with van der Waals surface area (Å²) in [5.41, 5.74) is 5.72. The Morgan fingerprint density at radius 1 is 1.10 bits per heavy atom. The van der Waals surface area contributed by atoms with Gasteiger partial charge in [0, 0.05) is 38.3 Å². The fourth-order valence-electron chi connectivity index (χ4n) is 3.59. The van der Waals surface area contributed by atoms with Crippen molar-refractivity contribution in [1.82, 2.24) is 9.80 Å². The van der Waals surface area contributed by atoms with Crippen molar-refractivity contribution in [2.45, 2.75) is 63.3 Å². The van der Waals surface area contributed by atoms with Gasteiger partial charge in [0.1, 0.15) is 6.04 Å². The van der Waals surface area contributed by atoms with Crippen molar-refractivity contribution in [3.05, 3.63) is 0 Å². The van der Waals surface area contributed by atoms with Crippen LogP contribution in [0.2, 0.25) is 0 Å². The van der Waals surface area contributed by atoms with Crippen LogP contribution in [0.4, 0.5) is 13.2 Å². The molecule has 0 aromatic carbocycles. The predicted molar refractivity (Wildman–Crippen MR) is 73.5 cm³/mol. The Morgan fingerprint density at radius 2 is 1.65 bits per heavy atom. The molecule has 0 aromatic heterocycles. The van der Waals surface area contributed by atoms with Crippen LogP contribution in [0, 0.1) is 0 Å². The Kier molecular flexibility index (Phi) is 5.31. The Balaban J connectivity index is 1.93. The van der Waals surface area contributed by atoms with Gasteiger partial charge in [0.05, 0.1) is 0 Å². The summed E-state index contributed by atoms with van der Waals surface area (Å²) in [5, 5.41) is 0. The molecule has 2 fully saturated rings. The number of halogens is 3. The molecule has 0 amide bonds. The maximum Gasteiger partial charge on any atom is 0.405 e. The Bertz CT molecular complexity index is 295. The molecule has 2 N–H and O–H groups in total. The average molecular weight is 293 g/mol. The second-order valence-corrected chi connectivity index (χ2v) is 6.07. The van der Waals surface area contributed by atoms with Crippen molar-refractivity contribution in [2.24, 2.45) is 5.73 Å². The van der Waals surface area contributed by atoms with E-state index in [1.165, 1.54) is 25.7 Å². The molecule has 1 aliphatic carbocycles. The van der Waals surface area contributed by atoms with Crippen LogP contribution in [-0.4, -0.2) is 60.3 Å². The molecule has 1 saturated heterocycles. The second kappa shape index (κ2) is 6.62. The van der Waals surface area contributed by atoms with Crippen molar-refractivity contribution >= 4 is 0 Å². The van der Waals surface area contributed by atoms with E-state index in [-0.39, 0.29) is 0 Å². The summed E-state index contributed by atoms with van der Waals surface area (Å²) in [4.78, 5) is 3.91. The van der Waals surface area contributed by atoms with Crippen LogP contribution < -0.4 is 5.73 Å². The summed E-state index contributed by atoms with van der Waals surface area (Å²) in [7, 11) is 0. The summed E-state index contributed by atoms with van der Waals surface area (Å²) >= 11 is 0. The quantitative estimate of drug-likeness (QED) is 0.862. The smallest absolute Gasteiger partial charge is 0.326 e. The van der Waals surface area contributed by atoms with E-state index in [0.29, 0.717) is 25.6 Å². The monoisotopic (exact) mass is 293 g/mol. The van der Waals surface area contributed by atoms with E-state index < -0.39 is 18.3 Å². The lowest BCUT2D eigenvalue weighted by atomic mass is 10.0. The first-order chi connectivity index (χ1) is 9.43. The maximum atomic E-state index is 13.2. The zero-order valence-electron chi connectivity index (χ0n) is 12.2. The summed E-state index contributed by atoms with van der Waals surface area (Å²) in [6, 6.07) is -1.72. The van der Waals surface area contributed by atoms with Gasteiger partial charge in [0.25, 0.3) is 0 Å². The van der Waals surface area contributed by atoms with E-state index in [9.17, 15) is 13.2 Å². The van der Waals surface area contributed by atoms with E-state index >= 15 is 0 Å². The number of piperazine rings is 1. The number of alkyl halides is 3. The third-order valence-electron chi connectivity index (χ3n) is 4.80. The lowest BCUT2D eigenvalue weighted by Crippen LogP contribution is -2.61. The van der Waals surface area contributed by atoms with Gasteiger partial charge in [0.15, 0.2) is 0 Å². The zero-order valence-corrected chi connectivity index (χ0v) is 12.2. The lowest BCUT2D eigenvalue weighted by Gasteiger charge is -2.43. The van der Waals surface area contributed by atoms with Crippen molar-refractivity contribution in [2.75, 3.05) is 26.2 Å². The topological polar surface area (TPSA) is 32.5 Å². The van der Waals surface area contributed by atoms with Crippen LogP contribution in [-0.2, 0) is 0 Å². The van der Waals surface area contributed by atoms with Crippen LogP contribution in [0.25, 0.3) is 0 Å².